The summed E-state index contributed by atoms with van der Waals surface area (Å²) in [6, 6.07) is 8.78. The van der Waals surface area contributed by atoms with E-state index in [4.69, 9.17) is 11.6 Å². The van der Waals surface area contributed by atoms with E-state index < -0.39 is 0 Å². The molecule has 1 aromatic rings. The first-order valence-corrected chi connectivity index (χ1v) is 7.81. The fourth-order valence-electron chi connectivity index (χ4n) is 2.19. The second-order valence-electron chi connectivity index (χ2n) is 4.79. The van der Waals surface area contributed by atoms with Crippen molar-refractivity contribution in [3.05, 3.63) is 29.8 Å². The first-order valence-electron chi connectivity index (χ1n) is 6.29. The average Bonchev–Trinajstić information content (AvgIpc) is 2.73. The number of fused-ring (bicyclic) bond motifs is 1. The van der Waals surface area contributed by atoms with Gasteiger partial charge in [-0.05, 0) is 30.5 Å². The van der Waals surface area contributed by atoms with E-state index in [1.165, 1.54) is 16.2 Å². The van der Waals surface area contributed by atoms with E-state index in [-0.39, 0.29) is 0 Å². The molecule has 17 heavy (non-hydrogen) atoms. The zero-order valence-electron chi connectivity index (χ0n) is 10.3. The lowest BCUT2D eigenvalue weighted by atomic mass is 10.0. The molecule has 1 aliphatic heterocycles. The Kier molecular flexibility index (Phi) is 5.20. The minimum Gasteiger partial charge on any atom is -0.316 e. The molecule has 0 saturated carbocycles. The molecule has 0 aromatic heterocycles. The van der Waals surface area contributed by atoms with Crippen LogP contribution in [0.2, 0.25) is 0 Å². The molecule has 1 nitrogen and oxygen atoms in total. The topological polar surface area (TPSA) is 12.0 Å². The van der Waals surface area contributed by atoms with Crippen LogP contribution in [0.25, 0.3) is 0 Å². The van der Waals surface area contributed by atoms with Crippen molar-refractivity contribution in [2.45, 2.75) is 24.2 Å². The third-order valence-electron chi connectivity index (χ3n) is 3.28. The lowest BCUT2D eigenvalue weighted by Gasteiger charge is -2.15. The Balaban J connectivity index is 1.78. The van der Waals surface area contributed by atoms with Crippen LogP contribution in [-0.2, 0) is 0 Å². The van der Waals surface area contributed by atoms with Gasteiger partial charge < -0.3 is 5.32 Å². The summed E-state index contributed by atoms with van der Waals surface area (Å²) in [5.41, 5.74) is 1.52. The minimum atomic E-state index is 0.678. The van der Waals surface area contributed by atoms with Crippen LogP contribution in [0.4, 0.5) is 0 Å². The van der Waals surface area contributed by atoms with Crippen LogP contribution in [0.15, 0.2) is 29.2 Å². The van der Waals surface area contributed by atoms with Crippen LogP contribution >= 0.6 is 23.4 Å². The number of benzene rings is 1. The first-order chi connectivity index (χ1) is 8.31. The van der Waals surface area contributed by atoms with Gasteiger partial charge >= 0.3 is 0 Å². The van der Waals surface area contributed by atoms with Crippen molar-refractivity contribution in [2.24, 2.45) is 5.92 Å². The van der Waals surface area contributed by atoms with Crippen LogP contribution in [0.1, 0.15) is 24.8 Å². The van der Waals surface area contributed by atoms with E-state index in [1.54, 1.807) is 0 Å². The molecule has 3 heteroatoms. The summed E-state index contributed by atoms with van der Waals surface area (Å²) in [5, 5.41) is 3.58. The molecule has 1 aliphatic rings. The van der Waals surface area contributed by atoms with Gasteiger partial charge in [-0.3, -0.25) is 0 Å². The highest BCUT2D eigenvalue weighted by atomic mass is 35.5. The number of rotatable bonds is 6. The van der Waals surface area contributed by atoms with Gasteiger partial charge in [0, 0.05) is 29.0 Å². The smallest absolute Gasteiger partial charge is 0.0226 e. The van der Waals surface area contributed by atoms with Crippen molar-refractivity contribution in [3.63, 3.8) is 0 Å². The number of thioether (sulfide) groups is 1. The molecule has 0 aliphatic carbocycles. The SMILES string of the molecule is CC(CCCl)CNCC1CSc2ccccc21. The fourth-order valence-corrected chi connectivity index (χ4v) is 3.82. The van der Waals surface area contributed by atoms with Crippen molar-refractivity contribution in [2.75, 3.05) is 24.7 Å². The molecule has 2 unspecified atom stereocenters. The standard InChI is InChI=1S/C14H20ClNS/c1-11(6-7-15)8-16-9-12-10-17-14-5-3-2-4-13(12)14/h2-5,11-12,16H,6-10H2,1H3. The van der Waals surface area contributed by atoms with Crippen LogP contribution in [-0.4, -0.2) is 24.7 Å². The van der Waals surface area contributed by atoms with Gasteiger partial charge in [-0.25, -0.2) is 0 Å². The van der Waals surface area contributed by atoms with Crippen molar-refractivity contribution in [3.8, 4) is 0 Å². The van der Waals surface area contributed by atoms with Gasteiger partial charge in [0.15, 0.2) is 0 Å². The van der Waals surface area contributed by atoms with Crippen LogP contribution < -0.4 is 5.32 Å². The van der Waals surface area contributed by atoms with Crippen molar-refractivity contribution in [1.29, 1.82) is 0 Å². The van der Waals surface area contributed by atoms with E-state index >= 15 is 0 Å². The molecule has 94 valence electrons. The normalized spacial score (nSPS) is 20.2. The van der Waals surface area contributed by atoms with Crippen LogP contribution in [0, 0.1) is 5.92 Å². The lowest BCUT2D eigenvalue weighted by molar-refractivity contribution is 0.490. The largest absolute Gasteiger partial charge is 0.316 e. The molecule has 0 saturated heterocycles. The van der Waals surface area contributed by atoms with Gasteiger partial charge in [-0.1, -0.05) is 25.1 Å². The second kappa shape index (κ2) is 6.67. The number of halogens is 1. The summed E-state index contributed by atoms with van der Waals surface area (Å²) >= 11 is 7.72. The highest BCUT2D eigenvalue weighted by Gasteiger charge is 2.21. The molecular weight excluding hydrogens is 250 g/mol. The molecule has 1 heterocycles. The quantitative estimate of drug-likeness (QED) is 0.790. The summed E-state index contributed by atoms with van der Waals surface area (Å²) in [7, 11) is 0. The third kappa shape index (κ3) is 3.64. The number of hydrogen-bond acceptors (Lipinski definition) is 2. The average molecular weight is 270 g/mol. The number of nitrogens with one attached hydrogen (secondary N) is 1. The molecule has 0 bridgehead atoms. The van der Waals surface area contributed by atoms with Crippen LogP contribution in [0.5, 0.6) is 0 Å². The molecule has 2 atom stereocenters. The van der Waals surface area contributed by atoms with Crippen LogP contribution in [0.3, 0.4) is 0 Å². The Morgan fingerprint density at radius 2 is 2.29 bits per heavy atom. The maximum Gasteiger partial charge on any atom is 0.0226 e. The molecule has 1 aromatic carbocycles. The minimum absolute atomic E-state index is 0.678. The Bertz CT molecular complexity index is 356. The predicted molar refractivity (Wildman–Crippen MR) is 77.3 cm³/mol. The lowest BCUT2D eigenvalue weighted by Crippen LogP contribution is -2.26. The number of alkyl halides is 1. The summed E-state index contributed by atoms with van der Waals surface area (Å²) in [6.45, 7) is 4.43. The summed E-state index contributed by atoms with van der Waals surface area (Å²) in [4.78, 5) is 1.47. The summed E-state index contributed by atoms with van der Waals surface area (Å²) in [6.07, 6.45) is 1.10. The zero-order valence-corrected chi connectivity index (χ0v) is 11.9. The highest BCUT2D eigenvalue weighted by molar-refractivity contribution is 7.99. The second-order valence-corrected chi connectivity index (χ2v) is 6.23. The van der Waals surface area contributed by atoms with Gasteiger partial charge in [-0.15, -0.1) is 23.4 Å². The van der Waals surface area contributed by atoms with E-state index in [0.717, 1.165) is 25.4 Å². The molecule has 0 amide bonds. The van der Waals surface area contributed by atoms with E-state index in [9.17, 15) is 0 Å². The number of hydrogen-bond donors (Lipinski definition) is 1. The maximum absolute atomic E-state index is 5.74. The summed E-state index contributed by atoms with van der Waals surface area (Å²) in [5.74, 6) is 3.34. The van der Waals surface area contributed by atoms with Gasteiger partial charge in [0.1, 0.15) is 0 Å². The third-order valence-corrected chi connectivity index (χ3v) is 4.75. The van der Waals surface area contributed by atoms with Crippen molar-refractivity contribution < 1.29 is 0 Å². The monoisotopic (exact) mass is 269 g/mol. The first kappa shape index (κ1) is 13.3. The molecule has 0 spiro atoms. The molecule has 0 fully saturated rings. The van der Waals surface area contributed by atoms with E-state index in [0.29, 0.717) is 11.8 Å². The van der Waals surface area contributed by atoms with E-state index in [2.05, 4.69) is 36.5 Å². The Hall–Kier alpha value is -0.180. The molecule has 2 rings (SSSR count). The highest BCUT2D eigenvalue weighted by Crippen LogP contribution is 2.38. The van der Waals surface area contributed by atoms with Crippen molar-refractivity contribution >= 4 is 23.4 Å². The van der Waals surface area contributed by atoms with Gasteiger partial charge in [-0.2, -0.15) is 0 Å². The fraction of sp³-hybridized carbons (Fsp3) is 0.571. The Labute approximate surface area is 113 Å². The molecule has 0 radical (unpaired) electrons. The molecule has 1 N–H and O–H groups in total. The zero-order chi connectivity index (χ0) is 12.1. The summed E-state index contributed by atoms with van der Waals surface area (Å²) < 4.78 is 0. The maximum atomic E-state index is 5.74. The predicted octanol–water partition coefficient (Wildman–Crippen LogP) is 3.73. The van der Waals surface area contributed by atoms with Gasteiger partial charge in [0.05, 0.1) is 0 Å². The van der Waals surface area contributed by atoms with Gasteiger partial charge in [0.2, 0.25) is 0 Å². The molecular formula is C14H20ClNS. The van der Waals surface area contributed by atoms with Crippen molar-refractivity contribution in [1.82, 2.24) is 5.32 Å². The Morgan fingerprint density at radius 3 is 3.12 bits per heavy atom. The van der Waals surface area contributed by atoms with Gasteiger partial charge in [0.25, 0.3) is 0 Å². The van der Waals surface area contributed by atoms with E-state index in [1.807, 2.05) is 11.8 Å². The Morgan fingerprint density at radius 1 is 1.47 bits per heavy atom.